The van der Waals surface area contributed by atoms with Crippen molar-refractivity contribution >= 4 is 16.7 Å². The van der Waals surface area contributed by atoms with Crippen molar-refractivity contribution in [2.45, 2.75) is 13.8 Å². The first-order chi connectivity index (χ1) is 13.7. The molecule has 4 aliphatic carbocycles. The molecule has 0 saturated heterocycles. The second-order valence-corrected chi connectivity index (χ2v) is 7.51. The number of fused-ring (bicyclic) bond motifs is 2. The SMILES string of the molecule is CC1=C/C(=C(\[C]2[CH][CH][CH][CH]2)c2cc(C)c3cccccc2-3)[c+]2cccccc21. The highest BCUT2D eigenvalue weighted by molar-refractivity contribution is 6.12. The molecule has 28 heavy (non-hydrogen) atoms. The summed E-state index contributed by atoms with van der Waals surface area (Å²) in [6.07, 6.45) is 11.1. The lowest BCUT2D eigenvalue weighted by Crippen LogP contribution is -2.00. The van der Waals surface area contributed by atoms with E-state index >= 15 is 0 Å². The van der Waals surface area contributed by atoms with E-state index in [1.54, 1.807) is 0 Å². The maximum Gasteiger partial charge on any atom is 0.0755 e. The summed E-state index contributed by atoms with van der Waals surface area (Å²) in [5, 5.41) is 0. The molecule has 5 rings (SSSR count). The highest BCUT2D eigenvalue weighted by Crippen LogP contribution is 2.49. The summed E-state index contributed by atoms with van der Waals surface area (Å²) in [7, 11) is 0. The molecule has 1 aromatic carbocycles. The predicted octanol–water partition coefficient (Wildman–Crippen LogP) is 7.11. The Morgan fingerprint density at radius 2 is 1.50 bits per heavy atom. The monoisotopic (exact) mass is 358 g/mol. The maximum atomic E-state index is 2.35. The van der Waals surface area contributed by atoms with E-state index < -0.39 is 0 Å². The van der Waals surface area contributed by atoms with Crippen molar-refractivity contribution < 1.29 is 0 Å². The van der Waals surface area contributed by atoms with Crippen molar-refractivity contribution in [3.05, 3.63) is 127 Å². The second kappa shape index (κ2) is 7.02. The molecule has 0 amide bonds. The molecule has 4 aliphatic rings. The Labute approximate surface area is 168 Å². The average Bonchev–Trinajstić information content (AvgIpc) is 3.25. The lowest BCUT2D eigenvalue weighted by molar-refractivity contribution is 1.39. The van der Waals surface area contributed by atoms with E-state index in [-0.39, 0.29) is 0 Å². The Bertz CT molecular complexity index is 1080. The molecule has 0 atom stereocenters. The molecule has 1 aromatic rings. The first kappa shape index (κ1) is 17.4. The van der Waals surface area contributed by atoms with E-state index in [4.69, 9.17) is 0 Å². The standard InChI is InChI=1S/C28H22/c1-19-17-26(24-15-7-3-5-13-22(19)24)28(21-11-9-10-12-21)27-18-20(2)23-14-6-4-8-16-25(23)27/h3-18H,1-2H3/q+1/b28-26-. The number of rotatable bonds is 2. The molecular weight excluding hydrogens is 336 g/mol. The van der Waals surface area contributed by atoms with Gasteiger partial charge >= 0.3 is 0 Å². The fourth-order valence-electron chi connectivity index (χ4n) is 4.41. The zero-order valence-corrected chi connectivity index (χ0v) is 16.2. The molecule has 133 valence electrons. The Balaban J connectivity index is 1.83. The van der Waals surface area contributed by atoms with E-state index in [1.165, 1.54) is 56.0 Å². The lowest BCUT2D eigenvalue weighted by Gasteiger charge is -2.14. The predicted molar refractivity (Wildman–Crippen MR) is 120 cm³/mol. The van der Waals surface area contributed by atoms with Crippen molar-refractivity contribution in [2.24, 2.45) is 0 Å². The van der Waals surface area contributed by atoms with Crippen LogP contribution in [0.3, 0.4) is 0 Å². The number of allylic oxidation sites excluding steroid dienone is 4. The summed E-state index contributed by atoms with van der Waals surface area (Å²) in [5.74, 6) is 1.27. The van der Waals surface area contributed by atoms with Gasteiger partial charge in [-0.15, -0.1) is 0 Å². The highest BCUT2D eigenvalue weighted by Gasteiger charge is 2.34. The van der Waals surface area contributed by atoms with Gasteiger partial charge in [0.25, 0.3) is 0 Å². The smallest absolute Gasteiger partial charge is 0.0622 e. The van der Waals surface area contributed by atoms with E-state index in [2.05, 4.69) is 112 Å². The van der Waals surface area contributed by atoms with Gasteiger partial charge in [-0.3, -0.25) is 0 Å². The summed E-state index contributed by atoms with van der Waals surface area (Å²) in [5.41, 5.74) is 11.9. The first-order valence-corrected chi connectivity index (χ1v) is 9.80. The van der Waals surface area contributed by atoms with Gasteiger partial charge in [0, 0.05) is 34.8 Å². The highest BCUT2D eigenvalue weighted by atomic mass is 14.3. The molecule has 0 aromatic heterocycles. The molecule has 0 spiro atoms. The summed E-state index contributed by atoms with van der Waals surface area (Å²) in [6.45, 7) is 4.42. The summed E-state index contributed by atoms with van der Waals surface area (Å²) < 4.78 is 0. The van der Waals surface area contributed by atoms with E-state index in [0.717, 1.165) is 0 Å². The summed E-state index contributed by atoms with van der Waals surface area (Å²) in [4.78, 5) is 0. The lowest BCUT2D eigenvalue weighted by atomic mass is 9.84. The van der Waals surface area contributed by atoms with Gasteiger partial charge in [0.1, 0.15) is 0 Å². The van der Waals surface area contributed by atoms with Gasteiger partial charge in [-0.05, 0) is 86.6 Å². The molecule has 5 radical (unpaired) electrons. The third kappa shape index (κ3) is 2.79. The van der Waals surface area contributed by atoms with Crippen molar-refractivity contribution in [3.63, 3.8) is 0 Å². The minimum absolute atomic E-state index is 1.27. The average molecular weight is 358 g/mol. The van der Waals surface area contributed by atoms with Gasteiger partial charge < -0.3 is 0 Å². The molecule has 1 fully saturated rings. The number of aryl methyl sites for hydroxylation is 1. The fraction of sp³-hybridized carbons (Fsp3) is 0.0714. The van der Waals surface area contributed by atoms with Gasteiger partial charge in [-0.1, -0.05) is 30.3 Å². The molecule has 0 heteroatoms. The van der Waals surface area contributed by atoms with Crippen LogP contribution in [0.5, 0.6) is 0 Å². The second-order valence-electron chi connectivity index (χ2n) is 7.51. The van der Waals surface area contributed by atoms with Crippen LogP contribution >= 0.6 is 0 Å². The van der Waals surface area contributed by atoms with Crippen LogP contribution in [0, 0.1) is 38.5 Å². The zero-order chi connectivity index (χ0) is 19.1. The number of hydrogen-bond donors (Lipinski definition) is 0. The minimum atomic E-state index is 1.27. The van der Waals surface area contributed by atoms with Crippen LogP contribution in [0.15, 0.2) is 72.8 Å². The molecule has 0 nitrogen and oxygen atoms in total. The van der Waals surface area contributed by atoms with Crippen molar-refractivity contribution in [3.8, 4) is 11.1 Å². The molecule has 0 aliphatic heterocycles. The first-order valence-electron chi connectivity index (χ1n) is 9.80. The third-order valence-electron chi connectivity index (χ3n) is 5.72. The van der Waals surface area contributed by atoms with Crippen LogP contribution in [-0.4, -0.2) is 0 Å². The molecule has 0 bridgehead atoms. The Kier molecular flexibility index (Phi) is 4.36. The molecule has 0 unspecified atom stereocenters. The minimum Gasteiger partial charge on any atom is -0.0622 e. The van der Waals surface area contributed by atoms with Gasteiger partial charge in [0.2, 0.25) is 0 Å². The van der Waals surface area contributed by atoms with Gasteiger partial charge in [0.15, 0.2) is 0 Å². The van der Waals surface area contributed by atoms with Gasteiger partial charge in [0.05, 0.1) is 16.7 Å². The van der Waals surface area contributed by atoms with Crippen LogP contribution in [0.1, 0.15) is 29.2 Å². The van der Waals surface area contributed by atoms with Crippen LogP contribution in [0.2, 0.25) is 0 Å². The van der Waals surface area contributed by atoms with E-state index in [0.29, 0.717) is 0 Å². The van der Waals surface area contributed by atoms with Crippen LogP contribution in [-0.2, 0) is 0 Å². The van der Waals surface area contributed by atoms with Crippen molar-refractivity contribution in [1.29, 1.82) is 0 Å². The molecule has 0 N–H and O–H groups in total. The van der Waals surface area contributed by atoms with Crippen LogP contribution in [0.4, 0.5) is 0 Å². The number of hydrogen-bond acceptors (Lipinski definition) is 0. The normalized spacial score (nSPS) is 18.3. The molecular formula is C28H22+. The third-order valence-corrected chi connectivity index (χ3v) is 5.72. The quantitative estimate of drug-likeness (QED) is 0.428. The summed E-state index contributed by atoms with van der Waals surface area (Å²) in [6, 6.07) is 24.1. The molecule has 0 heterocycles. The van der Waals surface area contributed by atoms with Crippen molar-refractivity contribution in [1.82, 2.24) is 0 Å². The Morgan fingerprint density at radius 3 is 2.32 bits per heavy atom. The fourth-order valence-corrected chi connectivity index (χ4v) is 4.41. The summed E-state index contributed by atoms with van der Waals surface area (Å²) >= 11 is 0. The zero-order valence-electron chi connectivity index (χ0n) is 16.2. The largest absolute Gasteiger partial charge is 0.0755 e. The van der Waals surface area contributed by atoms with E-state index in [1.807, 2.05) is 0 Å². The van der Waals surface area contributed by atoms with Crippen LogP contribution in [0.25, 0.3) is 27.8 Å². The Morgan fingerprint density at radius 1 is 0.786 bits per heavy atom. The van der Waals surface area contributed by atoms with E-state index in [9.17, 15) is 0 Å². The topological polar surface area (TPSA) is 0 Å². The van der Waals surface area contributed by atoms with Crippen molar-refractivity contribution in [2.75, 3.05) is 0 Å². The Hall–Kier alpha value is -2.73. The molecule has 1 saturated carbocycles. The van der Waals surface area contributed by atoms with Crippen LogP contribution < -0.4 is 0 Å². The van der Waals surface area contributed by atoms with Gasteiger partial charge in [-0.2, -0.15) is 0 Å². The maximum absolute atomic E-state index is 2.35. The van der Waals surface area contributed by atoms with Gasteiger partial charge in [-0.25, -0.2) is 0 Å².